The molecule has 0 aliphatic rings. The first-order valence-electron chi connectivity index (χ1n) is 5.76. The predicted molar refractivity (Wildman–Crippen MR) is 76.2 cm³/mol. The Hall–Kier alpha value is 0.680. The van der Waals surface area contributed by atoms with Crippen LogP contribution in [0.3, 0.4) is 0 Å². The van der Waals surface area contributed by atoms with Crippen LogP contribution in [0.25, 0.3) is 0 Å². The van der Waals surface area contributed by atoms with Gasteiger partial charge in [0, 0.05) is 19.6 Å². The molecule has 2 nitrogen and oxygen atoms in total. The smallest absolute Gasteiger partial charge is 0.0595 e. The molecule has 0 bridgehead atoms. The molecule has 0 saturated heterocycles. The van der Waals surface area contributed by atoms with Crippen molar-refractivity contribution < 1.29 is 34.0 Å². The summed E-state index contributed by atoms with van der Waals surface area (Å²) in [7, 11) is 6.32. The second-order valence-corrected chi connectivity index (χ2v) is 5.42. The summed E-state index contributed by atoms with van der Waals surface area (Å²) < 4.78 is 0. The van der Waals surface area contributed by atoms with E-state index >= 15 is 0 Å². The van der Waals surface area contributed by atoms with Gasteiger partial charge in [0.25, 0.3) is 0 Å². The molecule has 19 heavy (non-hydrogen) atoms. The third kappa shape index (κ3) is 9.27. The van der Waals surface area contributed by atoms with Gasteiger partial charge in [-0.05, 0) is 45.3 Å². The molecule has 0 saturated carbocycles. The van der Waals surface area contributed by atoms with E-state index in [1.807, 2.05) is 18.2 Å². The van der Waals surface area contributed by atoms with Crippen molar-refractivity contribution in [2.75, 3.05) is 40.8 Å². The molecule has 0 N–H and O–H groups in total. The molecule has 0 fully saturated rings. The van der Waals surface area contributed by atoms with E-state index in [1.54, 1.807) is 0 Å². The van der Waals surface area contributed by atoms with E-state index in [2.05, 4.69) is 30.9 Å². The molecule has 1 aromatic rings. The van der Waals surface area contributed by atoms with Crippen molar-refractivity contribution in [2.45, 2.75) is 6.42 Å². The lowest BCUT2D eigenvalue weighted by molar-refractivity contribution is -0.001000. The SMILES string of the molecule is CN(C)CCN(C)CCc1ccc(Cl)c(Cl)c1.[Br-].[Br-]. The second kappa shape index (κ2) is 11.4. The molecule has 0 radical (unpaired) electrons. The average Bonchev–Trinajstić information content (AvgIpc) is 2.28. The van der Waals surface area contributed by atoms with Crippen LogP contribution < -0.4 is 34.0 Å². The minimum Gasteiger partial charge on any atom is -1.00 e. The first-order valence-corrected chi connectivity index (χ1v) is 6.52. The Morgan fingerprint density at radius 2 is 1.53 bits per heavy atom. The Labute approximate surface area is 147 Å². The maximum absolute atomic E-state index is 5.98. The fourth-order valence-electron chi connectivity index (χ4n) is 1.50. The van der Waals surface area contributed by atoms with Gasteiger partial charge in [0.15, 0.2) is 0 Å². The largest absolute Gasteiger partial charge is 1.00 e. The molecule has 112 valence electrons. The van der Waals surface area contributed by atoms with Crippen molar-refractivity contribution in [3.63, 3.8) is 0 Å². The van der Waals surface area contributed by atoms with Crippen LogP contribution in [-0.2, 0) is 6.42 Å². The Morgan fingerprint density at radius 3 is 2.05 bits per heavy atom. The lowest BCUT2D eigenvalue weighted by atomic mass is 10.1. The van der Waals surface area contributed by atoms with Crippen molar-refractivity contribution in [3.05, 3.63) is 33.8 Å². The molecule has 0 aliphatic heterocycles. The lowest BCUT2D eigenvalue weighted by Gasteiger charge is -2.19. The predicted octanol–water partition coefficient (Wildman–Crippen LogP) is -2.96. The molecule has 0 aromatic heterocycles. The van der Waals surface area contributed by atoms with Crippen LogP contribution in [0.5, 0.6) is 0 Å². The second-order valence-electron chi connectivity index (χ2n) is 4.61. The van der Waals surface area contributed by atoms with Crippen LogP contribution in [0.15, 0.2) is 18.2 Å². The topological polar surface area (TPSA) is 6.48 Å². The Balaban J connectivity index is 0. The molecular formula is C13H20Br2Cl2N2-2. The molecule has 0 amide bonds. The minimum atomic E-state index is 0. The number of hydrogen-bond acceptors (Lipinski definition) is 2. The van der Waals surface area contributed by atoms with Crippen LogP contribution in [0.4, 0.5) is 0 Å². The summed E-state index contributed by atoms with van der Waals surface area (Å²) >= 11 is 11.9. The summed E-state index contributed by atoms with van der Waals surface area (Å²) in [5.41, 5.74) is 1.23. The van der Waals surface area contributed by atoms with E-state index in [0.29, 0.717) is 10.0 Å². The average molecular weight is 435 g/mol. The molecule has 1 rings (SSSR count). The number of nitrogens with zero attached hydrogens (tertiary/aromatic N) is 2. The number of rotatable bonds is 6. The van der Waals surface area contributed by atoms with Gasteiger partial charge in [-0.15, -0.1) is 0 Å². The van der Waals surface area contributed by atoms with Gasteiger partial charge >= 0.3 is 0 Å². The lowest BCUT2D eigenvalue weighted by Crippen LogP contribution is -3.00. The van der Waals surface area contributed by atoms with Crippen LogP contribution in [0.1, 0.15) is 5.56 Å². The monoisotopic (exact) mass is 432 g/mol. The Bertz CT molecular complexity index is 362. The molecular weight excluding hydrogens is 415 g/mol. The van der Waals surface area contributed by atoms with Crippen LogP contribution in [0.2, 0.25) is 10.0 Å². The molecule has 0 unspecified atom stereocenters. The highest BCUT2D eigenvalue weighted by Crippen LogP contribution is 2.22. The summed E-state index contributed by atoms with van der Waals surface area (Å²) in [4.78, 5) is 4.51. The molecule has 0 atom stereocenters. The highest BCUT2D eigenvalue weighted by molar-refractivity contribution is 6.42. The zero-order chi connectivity index (χ0) is 12.8. The van der Waals surface area contributed by atoms with Crippen molar-refractivity contribution in [1.29, 1.82) is 0 Å². The fraction of sp³-hybridized carbons (Fsp3) is 0.538. The van der Waals surface area contributed by atoms with E-state index in [9.17, 15) is 0 Å². The van der Waals surface area contributed by atoms with Gasteiger partial charge in [0.05, 0.1) is 10.0 Å². The maximum atomic E-state index is 5.98. The van der Waals surface area contributed by atoms with Gasteiger partial charge in [-0.25, -0.2) is 0 Å². The number of hydrogen-bond donors (Lipinski definition) is 0. The van der Waals surface area contributed by atoms with Crippen molar-refractivity contribution in [3.8, 4) is 0 Å². The van der Waals surface area contributed by atoms with Gasteiger partial charge in [-0.3, -0.25) is 0 Å². The zero-order valence-corrected chi connectivity index (χ0v) is 16.2. The fourth-order valence-corrected chi connectivity index (χ4v) is 1.82. The Kier molecular flexibility index (Phi) is 13.1. The number of benzene rings is 1. The van der Waals surface area contributed by atoms with Gasteiger partial charge in [-0.2, -0.15) is 0 Å². The first kappa shape index (κ1) is 22.0. The number of likely N-dealkylation sites (N-methyl/N-ethyl adjacent to an activating group) is 2. The summed E-state index contributed by atoms with van der Waals surface area (Å²) in [6.45, 7) is 3.19. The Morgan fingerprint density at radius 1 is 0.895 bits per heavy atom. The molecule has 1 aromatic carbocycles. The van der Waals surface area contributed by atoms with Gasteiger partial charge in [0.1, 0.15) is 0 Å². The highest BCUT2D eigenvalue weighted by Gasteiger charge is 2.02. The minimum absolute atomic E-state index is 0. The molecule has 0 spiro atoms. The molecule has 0 heterocycles. The summed E-state index contributed by atoms with van der Waals surface area (Å²) in [6.07, 6.45) is 1.00. The van der Waals surface area contributed by atoms with Gasteiger partial charge in [-0.1, -0.05) is 29.3 Å². The highest BCUT2D eigenvalue weighted by atomic mass is 79.9. The van der Waals surface area contributed by atoms with Crippen molar-refractivity contribution >= 4 is 23.2 Å². The van der Waals surface area contributed by atoms with E-state index in [4.69, 9.17) is 23.2 Å². The normalized spacial score (nSPS) is 10.3. The van der Waals surface area contributed by atoms with E-state index in [0.717, 1.165) is 26.1 Å². The van der Waals surface area contributed by atoms with Crippen molar-refractivity contribution in [1.82, 2.24) is 9.80 Å². The van der Waals surface area contributed by atoms with E-state index in [1.165, 1.54) is 5.56 Å². The van der Waals surface area contributed by atoms with Gasteiger partial charge in [0.2, 0.25) is 0 Å². The quantitative estimate of drug-likeness (QED) is 0.472. The molecule has 0 aliphatic carbocycles. The standard InChI is InChI=1S/C13H20Cl2N2.2BrH/c1-16(2)8-9-17(3)7-6-11-4-5-12(14)13(15)10-11;;/h4-5,10H,6-9H2,1-3H3;2*1H/p-2. The first-order chi connectivity index (χ1) is 7.99. The van der Waals surface area contributed by atoms with Crippen LogP contribution >= 0.6 is 23.2 Å². The zero-order valence-electron chi connectivity index (χ0n) is 11.5. The van der Waals surface area contributed by atoms with Gasteiger partial charge < -0.3 is 43.8 Å². The number of halogens is 4. The third-order valence-electron chi connectivity index (χ3n) is 2.70. The van der Waals surface area contributed by atoms with E-state index in [-0.39, 0.29) is 34.0 Å². The summed E-state index contributed by atoms with van der Waals surface area (Å²) in [5, 5.41) is 1.26. The van der Waals surface area contributed by atoms with Crippen LogP contribution in [-0.4, -0.2) is 50.6 Å². The third-order valence-corrected chi connectivity index (χ3v) is 3.43. The summed E-state index contributed by atoms with van der Waals surface area (Å²) in [6, 6.07) is 5.84. The van der Waals surface area contributed by atoms with Crippen molar-refractivity contribution in [2.24, 2.45) is 0 Å². The summed E-state index contributed by atoms with van der Waals surface area (Å²) in [5.74, 6) is 0. The van der Waals surface area contributed by atoms with E-state index < -0.39 is 0 Å². The van der Waals surface area contributed by atoms with Crippen LogP contribution in [0, 0.1) is 0 Å². The maximum Gasteiger partial charge on any atom is 0.0595 e. The molecule has 6 heteroatoms.